The largest absolute Gasteiger partial charge is 0.0654 e. The molecule has 0 aromatic heterocycles. The first-order chi connectivity index (χ1) is 5.54. The minimum Gasteiger partial charge on any atom is -0.0654 e. The highest BCUT2D eigenvalue weighted by Gasteiger charge is 2.67. The third-order valence-electron chi connectivity index (χ3n) is 5.28. The first-order valence-electron chi connectivity index (χ1n) is 5.54. The van der Waals surface area contributed by atoms with E-state index in [0.717, 1.165) is 17.3 Å². The van der Waals surface area contributed by atoms with E-state index in [1.165, 1.54) is 25.7 Å². The lowest BCUT2D eigenvalue weighted by molar-refractivity contribution is -0.247. The Bertz CT molecular complexity index is 192. The van der Waals surface area contributed by atoms with Gasteiger partial charge in [0.25, 0.3) is 0 Å². The van der Waals surface area contributed by atoms with E-state index in [1.807, 2.05) is 0 Å². The molecule has 2 fully saturated rings. The summed E-state index contributed by atoms with van der Waals surface area (Å²) in [6, 6.07) is 0. The zero-order chi connectivity index (χ0) is 8.98. The molecule has 2 aliphatic carbocycles. The molecular formula is C12H22. The Balaban J connectivity index is 2.10. The fourth-order valence-corrected chi connectivity index (χ4v) is 3.89. The van der Waals surface area contributed by atoms with Crippen LogP contribution in [0.25, 0.3) is 0 Å². The second kappa shape index (κ2) is 2.27. The summed E-state index contributed by atoms with van der Waals surface area (Å²) in [5.74, 6) is 2.13. The van der Waals surface area contributed by atoms with Crippen LogP contribution in [0.5, 0.6) is 0 Å². The normalized spacial score (nSPS) is 49.0. The number of hydrogen-bond donors (Lipinski definition) is 0. The van der Waals surface area contributed by atoms with Gasteiger partial charge in [0.2, 0.25) is 0 Å². The lowest BCUT2D eigenvalue weighted by atomic mass is 9.31. The SMILES string of the molecule is CCCC1C2CCC2(C)C1(C)C. The molecule has 2 saturated carbocycles. The van der Waals surface area contributed by atoms with E-state index in [1.54, 1.807) is 0 Å². The highest BCUT2D eigenvalue weighted by molar-refractivity contribution is 5.16. The molecule has 0 spiro atoms. The molecule has 3 atom stereocenters. The molecule has 0 aliphatic heterocycles. The lowest BCUT2D eigenvalue weighted by Crippen LogP contribution is -2.66. The van der Waals surface area contributed by atoms with Crippen LogP contribution >= 0.6 is 0 Å². The van der Waals surface area contributed by atoms with Crippen molar-refractivity contribution in [3.05, 3.63) is 0 Å². The van der Waals surface area contributed by atoms with Gasteiger partial charge in [0.1, 0.15) is 0 Å². The Morgan fingerprint density at radius 2 is 1.92 bits per heavy atom. The highest BCUT2D eigenvalue weighted by atomic mass is 14.7. The first-order valence-corrected chi connectivity index (χ1v) is 5.54. The molecule has 0 radical (unpaired) electrons. The fraction of sp³-hybridized carbons (Fsp3) is 1.00. The van der Waals surface area contributed by atoms with Gasteiger partial charge in [-0.25, -0.2) is 0 Å². The van der Waals surface area contributed by atoms with Crippen LogP contribution in [0.4, 0.5) is 0 Å². The van der Waals surface area contributed by atoms with E-state index in [-0.39, 0.29) is 0 Å². The van der Waals surface area contributed by atoms with Gasteiger partial charge in [-0.2, -0.15) is 0 Å². The molecule has 0 bridgehead atoms. The van der Waals surface area contributed by atoms with Crippen LogP contribution in [-0.4, -0.2) is 0 Å². The molecule has 0 nitrogen and oxygen atoms in total. The molecule has 3 unspecified atom stereocenters. The summed E-state index contributed by atoms with van der Waals surface area (Å²) in [6.45, 7) is 9.81. The maximum atomic E-state index is 2.51. The molecule has 2 rings (SSSR count). The maximum absolute atomic E-state index is 2.51. The number of fused-ring (bicyclic) bond motifs is 1. The van der Waals surface area contributed by atoms with Crippen LogP contribution in [0.1, 0.15) is 53.4 Å². The third kappa shape index (κ3) is 0.701. The summed E-state index contributed by atoms with van der Waals surface area (Å²) in [5, 5.41) is 0. The minimum absolute atomic E-state index is 0.645. The van der Waals surface area contributed by atoms with Crippen molar-refractivity contribution in [2.75, 3.05) is 0 Å². The second-order valence-corrected chi connectivity index (χ2v) is 5.68. The van der Waals surface area contributed by atoms with Crippen LogP contribution in [0.15, 0.2) is 0 Å². The van der Waals surface area contributed by atoms with Gasteiger partial charge < -0.3 is 0 Å². The molecule has 2 aliphatic rings. The monoisotopic (exact) mass is 166 g/mol. The summed E-state index contributed by atoms with van der Waals surface area (Å²) in [7, 11) is 0. The van der Waals surface area contributed by atoms with E-state index in [0.29, 0.717) is 5.41 Å². The zero-order valence-electron chi connectivity index (χ0n) is 8.98. The summed E-state index contributed by atoms with van der Waals surface area (Å²) in [4.78, 5) is 0. The predicted molar refractivity (Wildman–Crippen MR) is 53.0 cm³/mol. The van der Waals surface area contributed by atoms with Gasteiger partial charge in [-0.1, -0.05) is 34.1 Å². The molecule has 70 valence electrons. The maximum Gasteiger partial charge on any atom is -0.0241 e. The van der Waals surface area contributed by atoms with Gasteiger partial charge in [0, 0.05) is 0 Å². The molecule has 0 saturated heterocycles. The van der Waals surface area contributed by atoms with Crippen molar-refractivity contribution in [3.8, 4) is 0 Å². The van der Waals surface area contributed by atoms with Crippen molar-refractivity contribution >= 4 is 0 Å². The van der Waals surface area contributed by atoms with E-state index < -0.39 is 0 Å². The Hall–Kier alpha value is 0. The minimum atomic E-state index is 0.645. The molecule has 0 aromatic rings. The number of rotatable bonds is 2. The Kier molecular flexibility index (Phi) is 1.63. The fourth-order valence-electron chi connectivity index (χ4n) is 3.89. The average Bonchev–Trinajstić information content (AvgIpc) is 2.00. The summed E-state index contributed by atoms with van der Waals surface area (Å²) in [5.41, 5.74) is 1.37. The topological polar surface area (TPSA) is 0 Å². The van der Waals surface area contributed by atoms with E-state index >= 15 is 0 Å². The molecule has 12 heavy (non-hydrogen) atoms. The molecular weight excluding hydrogens is 144 g/mol. The molecule has 0 N–H and O–H groups in total. The van der Waals surface area contributed by atoms with Crippen LogP contribution < -0.4 is 0 Å². The van der Waals surface area contributed by atoms with E-state index in [9.17, 15) is 0 Å². The third-order valence-corrected chi connectivity index (χ3v) is 5.28. The van der Waals surface area contributed by atoms with Gasteiger partial charge in [-0.3, -0.25) is 0 Å². The van der Waals surface area contributed by atoms with Gasteiger partial charge in [0.05, 0.1) is 0 Å². The molecule has 0 amide bonds. The Morgan fingerprint density at radius 3 is 2.25 bits per heavy atom. The van der Waals surface area contributed by atoms with Gasteiger partial charge in [-0.15, -0.1) is 0 Å². The quantitative estimate of drug-likeness (QED) is 0.584. The van der Waals surface area contributed by atoms with Gasteiger partial charge in [-0.05, 0) is 41.9 Å². The summed E-state index contributed by atoms with van der Waals surface area (Å²) in [6.07, 6.45) is 5.85. The predicted octanol–water partition coefficient (Wildman–Crippen LogP) is 3.86. The van der Waals surface area contributed by atoms with E-state index in [4.69, 9.17) is 0 Å². The van der Waals surface area contributed by atoms with Crippen LogP contribution in [-0.2, 0) is 0 Å². The van der Waals surface area contributed by atoms with Crippen molar-refractivity contribution < 1.29 is 0 Å². The van der Waals surface area contributed by atoms with Gasteiger partial charge >= 0.3 is 0 Å². The van der Waals surface area contributed by atoms with Crippen molar-refractivity contribution in [2.45, 2.75) is 53.4 Å². The Labute approximate surface area is 76.7 Å². The standard InChI is InChI=1S/C12H22/c1-5-6-9-10-7-8-12(10,4)11(9,2)3/h9-10H,5-8H2,1-4H3. The van der Waals surface area contributed by atoms with E-state index in [2.05, 4.69) is 27.7 Å². The highest BCUT2D eigenvalue weighted by Crippen LogP contribution is 2.74. The van der Waals surface area contributed by atoms with Crippen molar-refractivity contribution in [1.82, 2.24) is 0 Å². The smallest absolute Gasteiger partial charge is 0.0241 e. The lowest BCUT2D eigenvalue weighted by Gasteiger charge is -2.73. The Morgan fingerprint density at radius 1 is 1.25 bits per heavy atom. The zero-order valence-corrected chi connectivity index (χ0v) is 8.98. The second-order valence-electron chi connectivity index (χ2n) is 5.68. The average molecular weight is 166 g/mol. The summed E-state index contributed by atoms with van der Waals surface area (Å²) < 4.78 is 0. The van der Waals surface area contributed by atoms with Gasteiger partial charge in [0.15, 0.2) is 0 Å². The molecule has 0 aromatic carbocycles. The first kappa shape index (κ1) is 8.59. The van der Waals surface area contributed by atoms with Crippen LogP contribution in [0.3, 0.4) is 0 Å². The van der Waals surface area contributed by atoms with Crippen molar-refractivity contribution in [2.24, 2.45) is 22.7 Å². The summed E-state index contributed by atoms with van der Waals surface area (Å²) >= 11 is 0. The van der Waals surface area contributed by atoms with Crippen molar-refractivity contribution in [3.63, 3.8) is 0 Å². The van der Waals surface area contributed by atoms with Crippen molar-refractivity contribution in [1.29, 1.82) is 0 Å². The van der Waals surface area contributed by atoms with Crippen LogP contribution in [0.2, 0.25) is 0 Å². The molecule has 0 heteroatoms. The molecule has 0 heterocycles. The van der Waals surface area contributed by atoms with Crippen LogP contribution in [0, 0.1) is 22.7 Å². The number of hydrogen-bond acceptors (Lipinski definition) is 0.